The number of carbonyl (C=O) groups excluding carboxylic acids is 1. The van der Waals surface area contributed by atoms with Crippen molar-refractivity contribution >= 4 is 23.0 Å². The molecule has 2 unspecified atom stereocenters. The highest BCUT2D eigenvalue weighted by Crippen LogP contribution is 2.39. The lowest BCUT2D eigenvalue weighted by atomic mass is 9.85. The number of rotatable bonds is 2. The summed E-state index contributed by atoms with van der Waals surface area (Å²) in [6.45, 7) is 1.04. The molecular weight excluding hydrogens is 260 g/mol. The number of carbonyl (C=O) groups is 1. The van der Waals surface area contributed by atoms with Crippen molar-refractivity contribution in [1.29, 1.82) is 0 Å². The van der Waals surface area contributed by atoms with Gasteiger partial charge in [-0.2, -0.15) is 0 Å². The van der Waals surface area contributed by atoms with Crippen LogP contribution in [-0.2, 0) is 0 Å². The lowest BCUT2D eigenvalue weighted by Gasteiger charge is -2.33. The van der Waals surface area contributed by atoms with Crippen LogP contribution in [0.25, 0.3) is 10.9 Å². The van der Waals surface area contributed by atoms with E-state index in [0.717, 1.165) is 41.0 Å². The first-order valence-corrected chi connectivity index (χ1v) is 7.98. The van der Waals surface area contributed by atoms with Gasteiger partial charge in [-0.25, -0.2) is 4.98 Å². The van der Waals surface area contributed by atoms with E-state index in [2.05, 4.69) is 4.90 Å². The Hall–Kier alpha value is -1.90. The van der Waals surface area contributed by atoms with Crippen molar-refractivity contribution in [2.24, 2.45) is 5.92 Å². The molecule has 1 aromatic heterocycles. The van der Waals surface area contributed by atoms with Crippen LogP contribution in [-0.4, -0.2) is 23.9 Å². The Morgan fingerprint density at radius 3 is 2.90 bits per heavy atom. The van der Waals surface area contributed by atoms with Crippen LogP contribution < -0.4 is 4.90 Å². The molecule has 2 heterocycles. The highest BCUT2D eigenvalue weighted by atomic mass is 16.1. The molecule has 0 spiro atoms. The minimum atomic E-state index is 0.589. The van der Waals surface area contributed by atoms with Crippen LogP contribution in [0, 0.1) is 5.92 Å². The highest BCUT2D eigenvalue weighted by molar-refractivity contribution is 5.91. The van der Waals surface area contributed by atoms with Crippen LogP contribution in [0.2, 0.25) is 0 Å². The largest absolute Gasteiger partial charge is 0.353 e. The third kappa shape index (κ3) is 2.11. The van der Waals surface area contributed by atoms with Gasteiger partial charge in [0, 0.05) is 18.0 Å². The Kier molecular flexibility index (Phi) is 3.13. The minimum Gasteiger partial charge on any atom is -0.353 e. The molecule has 0 amide bonds. The predicted octanol–water partition coefficient (Wildman–Crippen LogP) is 3.82. The molecule has 0 bridgehead atoms. The summed E-state index contributed by atoms with van der Waals surface area (Å²) in [4.78, 5) is 18.7. The Labute approximate surface area is 125 Å². The summed E-state index contributed by atoms with van der Waals surface area (Å²) in [5, 5.41) is 1.04. The molecule has 0 radical (unpaired) electrons. The number of aldehydes is 1. The van der Waals surface area contributed by atoms with Crippen molar-refractivity contribution in [3.63, 3.8) is 0 Å². The van der Waals surface area contributed by atoms with Crippen LogP contribution in [0.3, 0.4) is 0 Å². The van der Waals surface area contributed by atoms with E-state index >= 15 is 0 Å². The molecule has 1 aromatic carbocycles. The molecular formula is C18H20N2O. The Morgan fingerprint density at radius 1 is 1.14 bits per heavy atom. The second-order valence-corrected chi connectivity index (χ2v) is 6.31. The molecule has 3 nitrogen and oxygen atoms in total. The van der Waals surface area contributed by atoms with E-state index in [-0.39, 0.29) is 0 Å². The smallest absolute Gasteiger partial charge is 0.153 e. The van der Waals surface area contributed by atoms with E-state index in [0.29, 0.717) is 6.04 Å². The second-order valence-electron chi connectivity index (χ2n) is 6.31. The molecule has 108 valence electrons. The Bertz CT molecular complexity index is 682. The molecule has 0 N–H and O–H groups in total. The topological polar surface area (TPSA) is 33.2 Å². The van der Waals surface area contributed by atoms with Crippen molar-refractivity contribution in [3.8, 4) is 0 Å². The van der Waals surface area contributed by atoms with Crippen LogP contribution >= 0.6 is 0 Å². The third-order valence-electron chi connectivity index (χ3n) is 5.14. The van der Waals surface area contributed by atoms with Gasteiger partial charge in [0.25, 0.3) is 0 Å². The number of pyridine rings is 1. The average molecular weight is 280 g/mol. The van der Waals surface area contributed by atoms with Crippen molar-refractivity contribution in [2.45, 2.75) is 38.1 Å². The molecule has 3 heteroatoms. The maximum absolute atomic E-state index is 11.5. The van der Waals surface area contributed by atoms with E-state index in [1.165, 1.54) is 32.1 Å². The number of hydrogen-bond acceptors (Lipinski definition) is 3. The maximum atomic E-state index is 11.5. The quantitative estimate of drug-likeness (QED) is 0.784. The van der Waals surface area contributed by atoms with Crippen molar-refractivity contribution in [2.75, 3.05) is 11.4 Å². The first-order chi connectivity index (χ1) is 10.4. The molecule has 4 rings (SSSR count). The number of para-hydroxylation sites is 1. The fourth-order valence-electron chi connectivity index (χ4n) is 4.11. The van der Waals surface area contributed by atoms with Gasteiger partial charge in [-0.05, 0) is 37.3 Å². The normalized spacial score (nSPS) is 25.0. The van der Waals surface area contributed by atoms with Gasteiger partial charge in [0.2, 0.25) is 0 Å². The molecule has 1 aliphatic carbocycles. The zero-order valence-corrected chi connectivity index (χ0v) is 12.2. The monoisotopic (exact) mass is 280 g/mol. The standard InChI is InChI=1S/C18H20N2O/c21-12-15-11-14-6-1-3-7-16(14)19-18(15)20-10-9-13-5-2-4-8-17(13)20/h1,3,6-7,11-13,17H,2,4-5,8-10H2. The number of anilines is 1. The molecule has 2 aliphatic rings. The van der Waals surface area contributed by atoms with E-state index in [4.69, 9.17) is 4.98 Å². The van der Waals surface area contributed by atoms with Crippen LogP contribution in [0.4, 0.5) is 5.82 Å². The van der Waals surface area contributed by atoms with Crippen LogP contribution in [0.1, 0.15) is 42.5 Å². The highest BCUT2D eigenvalue weighted by Gasteiger charge is 2.37. The van der Waals surface area contributed by atoms with Gasteiger partial charge >= 0.3 is 0 Å². The summed E-state index contributed by atoms with van der Waals surface area (Å²) in [5.41, 5.74) is 1.72. The molecule has 2 aromatic rings. The van der Waals surface area contributed by atoms with Crippen molar-refractivity contribution in [1.82, 2.24) is 4.98 Å². The zero-order valence-electron chi connectivity index (χ0n) is 12.2. The van der Waals surface area contributed by atoms with Crippen molar-refractivity contribution < 1.29 is 4.79 Å². The summed E-state index contributed by atoms with van der Waals surface area (Å²) in [7, 11) is 0. The van der Waals surface area contributed by atoms with Gasteiger partial charge in [-0.3, -0.25) is 4.79 Å². The molecule has 1 saturated carbocycles. The Balaban J connectivity index is 1.80. The van der Waals surface area contributed by atoms with Gasteiger partial charge < -0.3 is 4.90 Å². The number of hydrogen-bond donors (Lipinski definition) is 0. The van der Waals surface area contributed by atoms with Gasteiger partial charge in [-0.1, -0.05) is 31.0 Å². The van der Waals surface area contributed by atoms with E-state index in [1.807, 2.05) is 30.3 Å². The number of aromatic nitrogens is 1. The van der Waals surface area contributed by atoms with Gasteiger partial charge in [-0.15, -0.1) is 0 Å². The lowest BCUT2D eigenvalue weighted by molar-refractivity contribution is 0.112. The number of benzene rings is 1. The first-order valence-electron chi connectivity index (χ1n) is 7.98. The fourth-order valence-corrected chi connectivity index (χ4v) is 4.11. The number of fused-ring (bicyclic) bond motifs is 2. The van der Waals surface area contributed by atoms with E-state index in [9.17, 15) is 4.79 Å². The maximum Gasteiger partial charge on any atom is 0.153 e. The van der Waals surface area contributed by atoms with Gasteiger partial charge in [0.05, 0.1) is 11.1 Å². The summed E-state index contributed by atoms with van der Waals surface area (Å²) in [6, 6.07) is 10.6. The summed E-state index contributed by atoms with van der Waals surface area (Å²) < 4.78 is 0. The van der Waals surface area contributed by atoms with Gasteiger partial charge in [0.1, 0.15) is 5.82 Å². The molecule has 21 heavy (non-hydrogen) atoms. The number of nitrogens with zero attached hydrogens (tertiary/aromatic N) is 2. The average Bonchev–Trinajstić information content (AvgIpc) is 2.97. The molecule has 1 aliphatic heterocycles. The lowest BCUT2D eigenvalue weighted by Crippen LogP contribution is -2.35. The van der Waals surface area contributed by atoms with Crippen LogP contribution in [0.5, 0.6) is 0 Å². The third-order valence-corrected chi connectivity index (χ3v) is 5.14. The van der Waals surface area contributed by atoms with Crippen molar-refractivity contribution in [3.05, 3.63) is 35.9 Å². The SMILES string of the molecule is O=Cc1cc2ccccc2nc1N1CCC2CCCCC21. The second kappa shape index (κ2) is 5.14. The Morgan fingerprint density at radius 2 is 2.00 bits per heavy atom. The first kappa shape index (κ1) is 12.8. The fraction of sp³-hybridized carbons (Fsp3) is 0.444. The predicted molar refractivity (Wildman–Crippen MR) is 84.8 cm³/mol. The summed E-state index contributed by atoms with van der Waals surface area (Å²) >= 11 is 0. The van der Waals surface area contributed by atoms with Crippen LogP contribution in [0.15, 0.2) is 30.3 Å². The minimum absolute atomic E-state index is 0.589. The molecule has 1 saturated heterocycles. The van der Waals surface area contributed by atoms with E-state index < -0.39 is 0 Å². The molecule has 2 atom stereocenters. The summed E-state index contributed by atoms with van der Waals surface area (Å²) in [5.74, 6) is 1.70. The van der Waals surface area contributed by atoms with E-state index in [1.54, 1.807) is 0 Å². The summed E-state index contributed by atoms with van der Waals surface area (Å²) in [6.07, 6.45) is 7.47. The van der Waals surface area contributed by atoms with Gasteiger partial charge in [0.15, 0.2) is 6.29 Å². The zero-order chi connectivity index (χ0) is 14.2. The molecule has 2 fully saturated rings.